The molecule has 2 aromatic rings. The van der Waals surface area contributed by atoms with E-state index < -0.39 is 10.0 Å². The van der Waals surface area contributed by atoms with E-state index in [-0.39, 0.29) is 28.8 Å². The fraction of sp³-hybridized carbons (Fsp3) is 0.267. The zero-order valence-corrected chi connectivity index (χ0v) is 14.7. The molecule has 2 N–H and O–H groups in total. The Hall–Kier alpha value is -1.41. The highest BCUT2D eigenvalue weighted by atomic mass is 35.5. The summed E-state index contributed by atoms with van der Waals surface area (Å²) in [6.45, 7) is 0.564. The number of amides is 1. The Morgan fingerprint density at radius 3 is 2.61 bits per heavy atom. The van der Waals surface area contributed by atoms with Gasteiger partial charge in [-0.15, -0.1) is 11.3 Å². The average Bonchev–Trinajstić information content (AvgIpc) is 3.00. The standard InChI is InChI=1S/C15H17ClN2O3S2/c16-13-5-1-2-6-14(13)23(20,21)18-10-8-15(19)17-9-7-12-4-3-11-22-12/h1-6,11,18H,7-10H2,(H,17,19). The van der Waals surface area contributed by atoms with Crippen molar-refractivity contribution >= 4 is 38.9 Å². The van der Waals surface area contributed by atoms with Crippen molar-refractivity contribution in [3.63, 3.8) is 0 Å². The van der Waals surface area contributed by atoms with E-state index in [1.54, 1.807) is 23.5 Å². The molecule has 8 heteroatoms. The summed E-state index contributed by atoms with van der Waals surface area (Å²) in [6.07, 6.45) is 0.850. The number of carbonyl (C=O) groups excluding carboxylic acids is 1. The van der Waals surface area contributed by atoms with Gasteiger partial charge in [-0.1, -0.05) is 29.8 Å². The first-order valence-electron chi connectivity index (χ1n) is 7.02. The zero-order chi connectivity index (χ0) is 16.7. The summed E-state index contributed by atoms with van der Waals surface area (Å²) >= 11 is 7.51. The van der Waals surface area contributed by atoms with Crippen LogP contribution in [-0.2, 0) is 21.2 Å². The van der Waals surface area contributed by atoms with Crippen molar-refractivity contribution in [3.05, 3.63) is 51.7 Å². The molecule has 1 aromatic carbocycles. The van der Waals surface area contributed by atoms with Crippen molar-refractivity contribution in [1.82, 2.24) is 10.0 Å². The predicted molar refractivity (Wildman–Crippen MR) is 92.3 cm³/mol. The number of thiophene rings is 1. The van der Waals surface area contributed by atoms with Crippen LogP contribution in [0.5, 0.6) is 0 Å². The highest BCUT2D eigenvalue weighted by Gasteiger charge is 2.17. The fourth-order valence-electron chi connectivity index (χ4n) is 1.91. The molecule has 2 rings (SSSR count). The van der Waals surface area contributed by atoms with E-state index in [0.717, 1.165) is 6.42 Å². The lowest BCUT2D eigenvalue weighted by Crippen LogP contribution is -2.31. The van der Waals surface area contributed by atoms with E-state index in [0.29, 0.717) is 6.54 Å². The smallest absolute Gasteiger partial charge is 0.242 e. The summed E-state index contributed by atoms with van der Waals surface area (Å²) in [7, 11) is -3.70. The topological polar surface area (TPSA) is 75.3 Å². The van der Waals surface area contributed by atoms with Crippen molar-refractivity contribution in [1.29, 1.82) is 0 Å². The summed E-state index contributed by atoms with van der Waals surface area (Å²) in [4.78, 5) is 12.9. The van der Waals surface area contributed by atoms with Crippen LogP contribution >= 0.6 is 22.9 Å². The second kappa shape index (κ2) is 8.44. The molecular weight excluding hydrogens is 356 g/mol. The Bertz CT molecular complexity index is 746. The van der Waals surface area contributed by atoms with E-state index in [9.17, 15) is 13.2 Å². The molecule has 0 radical (unpaired) electrons. The van der Waals surface area contributed by atoms with Crippen molar-refractivity contribution < 1.29 is 13.2 Å². The van der Waals surface area contributed by atoms with Gasteiger partial charge in [-0.3, -0.25) is 4.79 Å². The highest BCUT2D eigenvalue weighted by Crippen LogP contribution is 2.19. The number of rotatable bonds is 8. The average molecular weight is 373 g/mol. The largest absolute Gasteiger partial charge is 0.356 e. The molecule has 124 valence electrons. The Labute approximate surface area is 144 Å². The molecule has 23 heavy (non-hydrogen) atoms. The fourth-order valence-corrected chi connectivity index (χ4v) is 4.17. The van der Waals surface area contributed by atoms with E-state index in [1.807, 2.05) is 17.5 Å². The first-order chi connectivity index (χ1) is 11.0. The Morgan fingerprint density at radius 1 is 1.13 bits per heavy atom. The van der Waals surface area contributed by atoms with E-state index in [4.69, 9.17) is 11.6 Å². The SMILES string of the molecule is O=C(CCNS(=O)(=O)c1ccccc1Cl)NCCc1cccs1. The van der Waals surface area contributed by atoms with Gasteiger partial charge in [0.25, 0.3) is 0 Å². The number of carbonyl (C=O) groups is 1. The van der Waals surface area contributed by atoms with E-state index in [1.165, 1.54) is 17.0 Å². The normalized spacial score (nSPS) is 11.3. The molecular formula is C15H17ClN2O3S2. The first kappa shape index (κ1) is 17.9. The number of sulfonamides is 1. The molecule has 0 saturated heterocycles. The first-order valence-corrected chi connectivity index (χ1v) is 9.76. The Morgan fingerprint density at radius 2 is 1.91 bits per heavy atom. The number of hydrogen-bond donors (Lipinski definition) is 2. The summed E-state index contributed by atoms with van der Waals surface area (Å²) in [6, 6.07) is 10.2. The number of nitrogens with one attached hydrogen (secondary N) is 2. The van der Waals surface area contributed by atoms with Crippen LogP contribution in [0.15, 0.2) is 46.7 Å². The van der Waals surface area contributed by atoms with Crippen LogP contribution in [0.4, 0.5) is 0 Å². The highest BCUT2D eigenvalue weighted by molar-refractivity contribution is 7.89. The molecule has 0 bridgehead atoms. The maximum absolute atomic E-state index is 12.1. The summed E-state index contributed by atoms with van der Waals surface area (Å²) < 4.78 is 26.5. The second-order valence-electron chi connectivity index (χ2n) is 4.76. The third kappa shape index (κ3) is 5.62. The molecule has 0 aliphatic heterocycles. The molecule has 0 saturated carbocycles. The van der Waals surface area contributed by atoms with Gasteiger partial charge >= 0.3 is 0 Å². The van der Waals surface area contributed by atoms with Gasteiger partial charge in [0.15, 0.2) is 0 Å². The lowest BCUT2D eigenvalue weighted by atomic mass is 10.3. The van der Waals surface area contributed by atoms with Gasteiger partial charge < -0.3 is 5.32 Å². The van der Waals surface area contributed by atoms with Crippen LogP contribution in [-0.4, -0.2) is 27.4 Å². The number of hydrogen-bond acceptors (Lipinski definition) is 4. The predicted octanol–water partition coefficient (Wildman–Crippen LogP) is 2.43. The molecule has 0 aliphatic carbocycles. The third-order valence-corrected chi connectivity index (χ3v) is 5.94. The van der Waals surface area contributed by atoms with Gasteiger partial charge in [0.2, 0.25) is 15.9 Å². The number of benzene rings is 1. The molecule has 0 unspecified atom stereocenters. The maximum atomic E-state index is 12.1. The number of halogens is 1. The molecule has 0 fully saturated rings. The summed E-state index contributed by atoms with van der Waals surface area (Å²) in [5.41, 5.74) is 0. The minimum Gasteiger partial charge on any atom is -0.356 e. The lowest BCUT2D eigenvalue weighted by molar-refractivity contribution is -0.120. The van der Waals surface area contributed by atoms with Gasteiger partial charge in [-0.05, 0) is 30.0 Å². The summed E-state index contributed by atoms with van der Waals surface area (Å²) in [5, 5.41) is 4.91. The van der Waals surface area contributed by atoms with Crippen LogP contribution in [0.3, 0.4) is 0 Å². The van der Waals surface area contributed by atoms with Crippen molar-refractivity contribution in [2.75, 3.05) is 13.1 Å². The molecule has 0 spiro atoms. The quantitative estimate of drug-likeness (QED) is 0.747. The Balaban J connectivity index is 1.73. The zero-order valence-electron chi connectivity index (χ0n) is 12.3. The lowest BCUT2D eigenvalue weighted by Gasteiger charge is -2.08. The van der Waals surface area contributed by atoms with Crippen LogP contribution < -0.4 is 10.0 Å². The van der Waals surface area contributed by atoms with Gasteiger partial charge in [-0.25, -0.2) is 13.1 Å². The van der Waals surface area contributed by atoms with Crippen LogP contribution in [0.1, 0.15) is 11.3 Å². The van der Waals surface area contributed by atoms with Crippen molar-refractivity contribution in [3.8, 4) is 0 Å². The van der Waals surface area contributed by atoms with Crippen LogP contribution in [0, 0.1) is 0 Å². The van der Waals surface area contributed by atoms with Crippen molar-refractivity contribution in [2.24, 2.45) is 0 Å². The third-order valence-electron chi connectivity index (χ3n) is 3.04. The van der Waals surface area contributed by atoms with Gasteiger partial charge in [0.1, 0.15) is 4.90 Å². The molecule has 1 heterocycles. The molecule has 0 atom stereocenters. The van der Waals surface area contributed by atoms with E-state index >= 15 is 0 Å². The molecule has 1 aromatic heterocycles. The van der Waals surface area contributed by atoms with Crippen molar-refractivity contribution in [2.45, 2.75) is 17.7 Å². The monoisotopic (exact) mass is 372 g/mol. The van der Waals surface area contributed by atoms with Crippen LogP contribution in [0.2, 0.25) is 5.02 Å². The van der Waals surface area contributed by atoms with Gasteiger partial charge in [-0.2, -0.15) is 0 Å². The van der Waals surface area contributed by atoms with Gasteiger partial charge in [0.05, 0.1) is 5.02 Å². The minimum atomic E-state index is -3.70. The molecule has 0 aliphatic rings. The van der Waals surface area contributed by atoms with Gasteiger partial charge in [0, 0.05) is 24.4 Å². The summed E-state index contributed by atoms with van der Waals surface area (Å²) in [5.74, 6) is -0.191. The van der Waals surface area contributed by atoms with Crippen LogP contribution in [0.25, 0.3) is 0 Å². The molecule has 1 amide bonds. The maximum Gasteiger partial charge on any atom is 0.242 e. The Kier molecular flexibility index (Phi) is 6.59. The van der Waals surface area contributed by atoms with E-state index in [2.05, 4.69) is 10.0 Å². The molecule has 5 nitrogen and oxygen atoms in total. The second-order valence-corrected chi connectivity index (χ2v) is 7.93. The minimum absolute atomic E-state index is 0.0137.